The highest BCUT2D eigenvalue weighted by Crippen LogP contribution is 2.38. The van der Waals surface area contributed by atoms with Gasteiger partial charge < -0.3 is 5.32 Å². The normalized spacial score (nSPS) is 17.9. The first-order valence-electron chi connectivity index (χ1n) is 4.45. The predicted octanol–water partition coefficient (Wildman–Crippen LogP) is 2.76. The Morgan fingerprint density at radius 2 is 1.79 bits per heavy atom. The Balaban J connectivity index is 2.23. The molecule has 0 aliphatic carbocycles. The van der Waals surface area contributed by atoms with Gasteiger partial charge in [-0.15, -0.1) is 0 Å². The van der Waals surface area contributed by atoms with Crippen LogP contribution in [-0.2, 0) is 5.92 Å². The first kappa shape index (κ1) is 10.1. The average Bonchev–Trinajstić information content (AvgIpc) is 2.00. The van der Waals surface area contributed by atoms with E-state index in [9.17, 15) is 8.78 Å². The van der Waals surface area contributed by atoms with Crippen molar-refractivity contribution in [2.75, 3.05) is 13.1 Å². The van der Waals surface area contributed by atoms with Crippen LogP contribution >= 0.6 is 15.9 Å². The van der Waals surface area contributed by atoms with Crippen LogP contribution in [0.3, 0.4) is 0 Å². The van der Waals surface area contributed by atoms with Crippen molar-refractivity contribution in [1.29, 1.82) is 0 Å². The highest BCUT2D eigenvalue weighted by molar-refractivity contribution is 9.10. The van der Waals surface area contributed by atoms with Crippen molar-refractivity contribution in [3.8, 4) is 0 Å². The Morgan fingerprint density at radius 3 is 2.21 bits per heavy atom. The van der Waals surface area contributed by atoms with E-state index in [4.69, 9.17) is 0 Å². The maximum atomic E-state index is 13.7. The fraction of sp³-hybridized carbons (Fsp3) is 0.400. The highest BCUT2D eigenvalue weighted by atomic mass is 79.9. The second kappa shape index (κ2) is 3.59. The third kappa shape index (κ3) is 1.68. The van der Waals surface area contributed by atoms with Gasteiger partial charge in [-0.05, 0) is 12.1 Å². The van der Waals surface area contributed by atoms with Crippen LogP contribution in [0.15, 0.2) is 28.7 Å². The van der Waals surface area contributed by atoms with Gasteiger partial charge in [0.25, 0.3) is 5.92 Å². The zero-order valence-electron chi connectivity index (χ0n) is 7.43. The summed E-state index contributed by atoms with van der Waals surface area (Å²) < 4.78 is 28.2. The fourth-order valence-corrected chi connectivity index (χ4v) is 1.72. The molecule has 14 heavy (non-hydrogen) atoms. The zero-order valence-corrected chi connectivity index (χ0v) is 9.02. The van der Waals surface area contributed by atoms with Crippen molar-refractivity contribution < 1.29 is 8.78 Å². The molecule has 1 aliphatic heterocycles. The molecule has 0 saturated carbocycles. The number of hydrogen-bond donors (Lipinski definition) is 1. The molecule has 0 atom stereocenters. The SMILES string of the molecule is FC(F)(c1ccc(Br)cc1)C1CNC1. The van der Waals surface area contributed by atoms with Crippen LogP contribution in [0.2, 0.25) is 0 Å². The maximum Gasteiger partial charge on any atom is 0.278 e. The molecular weight excluding hydrogens is 252 g/mol. The summed E-state index contributed by atoms with van der Waals surface area (Å²) in [6.07, 6.45) is 0. The van der Waals surface area contributed by atoms with E-state index in [2.05, 4.69) is 21.2 Å². The first-order valence-corrected chi connectivity index (χ1v) is 5.24. The minimum Gasteiger partial charge on any atom is -0.316 e. The van der Waals surface area contributed by atoms with Crippen molar-refractivity contribution in [3.05, 3.63) is 34.3 Å². The number of hydrogen-bond acceptors (Lipinski definition) is 1. The summed E-state index contributed by atoms with van der Waals surface area (Å²) in [6.45, 7) is 0.812. The van der Waals surface area contributed by atoms with Crippen molar-refractivity contribution in [1.82, 2.24) is 5.32 Å². The van der Waals surface area contributed by atoms with E-state index < -0.39 is 11.8 Å². The summed E-state index contributed by atoms with van der Waals surface area (Å²) in [7, 11) is 0. The molecule has 1 saturated heterocycles. The van der Waals surface area contributed by atoms with E-state index in [1.165, 1.54) is 12.1 Å². The third-order valence-electron chi connectivity index (χ3n) is 2.52. The Morgan fingerprint density at radius 1 is 1.21 bits per heavy atom. The van der Waals surface area contributed by atoms with Gasteiger partial charge >= 0.3 is 0 Å². The van der Waals surface area contributed by atoms with Gasteiger partial charge in [0.1, 0.15) is 0 Å². The van der Waals surface area contributed by atoms with E-state index in [-0.39, 0.29) is 5.56 Å². The molecule has 0 aromatic heterocycles. The number of benzene rings is 1. The molecular formula is C10H10BrF2N. The van der Waals surface area contributed by atoms with Crippen LogP contribution in [0.4, 0.5) is 8.78 Å². The van der Waals surface area contributed by atoms with Gasteiger partial charge in [-0.3, -0.25) is 0 Å². The van der Waals surface area contributed by atoms with Crippen molar-refractivity contribution in [3.63, 3.8) is 0 Å². The summed E-state index contributed by atoms with van der Waals surface area (Å²) in [6, 6.07) is 6.25. The Labute approximate surface area is 89.6 Å². The topological polar surface area (TPSA) is 12.0 Å². The lowest BCUT2D eigenvalue weighted by molar-refractivity contribution is -0.0834. The van der Waals surface area contributed by atoms with Gasteiger partial charge in [0.2, 0.25) is 0 Å². The lowest BCUT2D eigenvalue weighted by Gasteiger charge is -2.34. The van der Waals surface area contributed by atoms with Gasteiger partial charge in [-0.25, -0.2) is 8.78 Å². The molecule has 0 spiro atoms. The second-order valence-electron chi connectivity index (χ2n) is 3.49. The number of nitrogens with one attached hydrogen (secondary N) is 1. The molecule has 0 unspecified atom stereocenters. The molecule has 0 bridgehead atoms. The van der Waals surface area contributed by atoms with Gasteiger partial charge in [0.15, 0.2) is 0 Å². The molecule has 0 radical (unpaired) electrons. The van der Waals surface area contributed by atoms with E-state index in [1.807, 2.05) is 0 Å². The van der Waals surface area contributed by atoms with Crippen molar-refractivity contribution >= 4 is 15.9 Å². The molecule has 1 N–H and O–H groups in total. The molecule has 1 aromatic rings. The van der Waals surface area contributed by atoms with Crippen LogP contribution in [0.1, 0.15) is 5.56 Å². The molecule has 76 valence electrons. The molecule has 1 aliphatic rings. The maximum absolute atomic E-state index is 13.7. The average molecular weight is 262 g/mol. The fourth-order valence-electron chi connectivity index (χ4n) is 1.45. The molecule has 4 heteroatoms. The van der Waals surface area contributed by atoms with Gasteiger partial charge in [-0.1, -0.05) is 28.1 Å². The van der Waals surface area contributed by atoms with Crippen LogP contribution in [0.25, 0.3) is 0 Å². The minimum absolute atomic E-state index is 0.104. The molecule has 1 fully saturated rings. The summed E-state index contributed by atoms with van der Waals surface area (Å²) in [5.41, 5.74) is 0.104. The Kier molecular flexibility index (Phi) is 2.58. The third-order valence-corrected chi connectivity index (χ3v) is 3.05. The van der Waals surface area contributed by atoms with Crippen LogP contribution in [0.5, 0.6) is 0 Å². The van der Waals surface area contributed by atoms with E-state index in [0.29, 0.717) is 13.1 Å². The number of rotatable bonds is 2. The largest absolute Gasteiger partial charge is 0.316 e. The summed E-state index contributed by atoms with van der Waals surface area (Å²) in [5, 5.41) is 2.86. The lowest BCUT2D eigenvalue weighted by Crippen LogP contribution is -2.50. The molecule has 2 rings (SSSR count). The van der Waals surface area contributed by atoms with Crippen LogP contribution < -0.4 is 5.32 Å². The standard InChI is InChI=1S/C10H10BrF2N/c11-9-3-1-7(2-4-9)10(12,13)8-5-14-6-8/h1-4,8,14H,5-6H2. The number of halogens is 3. The second-order valence-corrected chi connectivity index (χ2v) is 4.40. The van der Waals surface area contributed by atoms with Crippen molar-refractivity contribution in [2.45, 2.75) is 5.92 Å². The van der Waals surface area contributed by atoms with Crippen LogP contribution in [0, 0.1) is 5.92 Å². The Bertz CT molecular complexity index is 319. The molecule has 0 amide bonds. The highest BCUT2D eigenvalue weighted by Gasteiger charge is 2.44. The van der Waals surface area contributed by atoms with Gasteiger partial charge in [0, 0.05) is 23.1 Å². The van der Waals surface area contributed by atoms with E-state index in [1.54, 1.807) is 12.1 Å². The molecule has 1 nitrogen and oxygen atoms in total. The summed E-state index contributed by atoms with van der Waals surface area (Å²) in [4.78, 5) is 0. The smallest absolute Gasteiger partial charge is 0.278 e. The molecule has 1 heterocycles. The molecule has 1 aromatic carbocycles. The van der Waals surface area contributed by atoms with Crippen molar-refractivity contribution in [2.24, 2.45) is 5.92 Å². The van der Waals surface area contributed by atoms with E-state index >= 15 is 0 Å². The number of alkyl halides is 2. The van der Waals surface area contributed by atoms with Gasteiger partial charge in [-0.2, -0.15) is 0 Å². The summed E-state index contributed by atoms with van der Waals surface area (Å²) in [5.74, 6) is -3.25. The quantitative estimate of drug-likeness (QED) is 0.864. The predicted molar refractivity (Wildman–Crippen MR) is 54.4 cm³/mol. The lowest BCUT2D eigenvalue weighted by atomic mass is 9.90. The minimum atomic E-state index is -2.70. The van der Waals surface area contributed by atoms with E-state index in [0.717, 1.165) is 4.47 Å². The zero-order chi connectivity index (χ0) is 10.2. The van der Waals surface area contributed by atoms with Crippen LogP contribution in [-0.4, -0.2) is 13.1 Å². The first-order chi connectivity index (χ1) is 6.60. The Hall–Kier alpha value is -0.480. The summed E-state index contributed by atoms with van der Waals surface area (Å²) >= 11 is 3.22. The van der Waals surface area contributed by atoms with Gasteiger partial charge in [0.05, 0.1) is 5.92 Å². The monoisotopic (exact) mass is 261 g/mol.